The van der Waals surface area contributed by atoms with Crippen LogP contribution in [-0.2, 0) is 10.0 Å². The van der Waals surface area contributed by atoms with Gasteiger partial charge < -0.3 is 5.32 Å². The number of primary sulfonamides is 1. The first-order valence-electron chi connectivity index (χ1n) is 6.19. The maximum absolute atomic E-state index is 13.2. The fourth-order valence-corrected chi connectivity index (χ4v) is 2.42. The van der Waals surface area contributed by atoms with Crippen molar-refractivity contribution in [2.45, 2.75) is 17.1 Å². The first kappa shape index (κ1) is 16.3. The van der Waals surface area contributed by atoms with Gasteiger partial charge in [-0.15, -0.1) is 0 Å². The topological polar surface area (TPSA) is 72.2 Å². The second kappa shape index (κ2) is 5.98. The molecule has 0 saturated heterocycles. The molecule has 2 aromatic rings. The van der Waals surface area contributed by atoms with Gasteiger partial charge >= 0.3 is 6.18 Å². The normalized spacial score (nSPS) is 13.6. The van der Waals surface area contributed by atoms with Crippen molar-refractivity contribution in [1.29, 1.82) is 0 Å². The summed E-state index contributed by atoms with van der Waals surface area (Å²) in [7, 11) is -3.88. The first-order valence-corrected chi connectivity index (χ1v) is 7.73. The van der Waals surface area contributed by atoms with Crippen molar-refractivity contribution in [2.75, 3.05) is 5.32 Å². The fraction of sp³-hybridized carbons (Fsp3) is 0.143. The van der Waals surface area contributed by atoms with E-state index in [4.69, 9.17) is 5.14 Å². The molecule has 0 aromatic heterocycles. The Morgan fingerprint density at radius 2 is 1.50 bits per heavy atom. The average Bonchev–Trinajstić information content (AvgIpc) is 2.44. The minimum Gasteiger partial charge on any atom is -0.370 e. The van der Waals surface area contributed by atoms with Crippen molar-refractivity contribution in [2.24, 2.45) is 5.14 Å². The third kappa shape index (κ3) is 3.99. The number of nitrogens with one attached hydrogen (secondary N) is 1. The largest absolute Gasteiger partial charge is 0.412 e. The second-order valence-electron chi connectivity index (χ2n) is 4.60. The van der Waals surface area contributed by atoms with Gasteiger partial charge in [-0.05, 0) is 29.8 Å². The molecule has 0 spiro atoms. The van der Waals surface area contributed by atoms with Crippen LogP contribution in [0, 0.1) is 0 Å². The summed E-state index contributed by atoms with van der Waals surface area (Å²) < 4.78 is 61.8. The smallest absolute Gasteiger partial charge is 0.370 e. The molecule has 118 valence electrons. The highest BCUT2D eigenvalue weighted by Gasteiger charge is 2.40. The lowest BCUT2D eigenvalue weighted by Gasteiger charge is -2.23. The van der Waals surface area contributed by atoms with Crippen LogP contribution in [0.5, 0.6) is 0 Å². The highest BCUT2D eigenvalue weighted by Crippen LogP contribution is 2.35. The van der Waals surface area contributed by atoms with Gasteiger partial charge in [-0.3, -0.25) is 0 Å². The molecule has 0 aliphatic rings. The van der Waals surface area contributed by atoms with E-state index in [-0.39, 0.29) is 16.1 Å². The van der Waals surface area contributed by atoms with Crippen LogP contribution in [0.25, 0.3) is 0 Å². The fourth-order valence-electron chi connectivity index (χ4n) is 1.91. The van der Waals surface area contributed by atoms with Crippen LogP contribution in [0.3, 0.4) is 0 Å². The van der Waals surface area contributed by atoms with Crippen LogP contribution in [0.4, 0.5) is 18.9 Å². The summed E-state index contributed by atoms with van der Waals surface area (Å²) in [6, 6.07) is 10.3. The minimum absolute atomic E-state index is 0.0607. The van der Waals surface area contributed by atoms with Gasteiger partial charge in [-0.25, -0.2) is 13.6 Å². The lowest BCUT2D eigenvalue weighted by molar-refractivity contribution is -0.144. The molecular weight excluding hydrogens is 317 g/mol. The molecule has 0 aliphatic heterocycles. The van der Waals surface area contributed by atoms with E-state index >= 15 is 0 Å². The number of hydrogen-bond donors (Lipinski definition) is 2. The molecule has 0 fully saturated rings. The Hall–Kier alpha value is -2.06. The highest BCUT2D eigenvalue weighted by atomic mass is 32.2. The Bertz CT molecular complexity index is 729. The van der Waals surface area contributed by atoms with Crippen LogP contribution in [-0.4, -0.2) is 14.6 Å². The van der Waals surface area contributed by atoms with Gasteiger partial charge in [0.2, 0.25) is 10.0 Å². The zero-order valence-electron chi connectivity index (χ0n) is 11.2. The number of sulfonamides is 1. The summed E-state index contributed by atoms with van der Waals surface area (Å²) in [4.78, 5) is -0.165. The van der Waals surface area contributed by atoms with Crippen LogP contribution in [0.15, 0.2) is 59.5 Å². The van der Waals surface area contributed by atoms with Gasteiger partial charge in [0.05, 0.1) is 4.90 Å². The van der Waals surface area contributed by atoms with Crippen LogP contribution in [0.1, 0.15) is 11.6 Å². The molecule has 0 heterocycles. The van der Waals surface area contributed by atoms with Crippen molar-refractivity contribution < 1.29 is 21.6 Å². The van der Waals surface area contributed by atoms with E-state index in [9.17, 15) is 21.6 Å². The second-order valence-corrected chi connectivity index (χ2v) is 6.16. The standard InChI is InChI=1S/C14H13F3N2O2S/c15-14(16,17)13(10-4-2-1-3-5-10)19-11-6-8-12(9-7-11)22(18,20)21/h1-9,13,19H,(H2,18,20,21). The minimum atomic E-state index is -4.50. The number of rotatable bonds is 4. The van der Waals surface area contributed by atoms with Gasteiger partial charge in [0, 0.05) is 5.69 Å². The van der Waals surface area contributed by atoms with Crippen molar-refractivity contribution in [3.05, 3.63) is 60.2 Å². The molecule has 1 atom stereocenters. The van der Waals surface area contributed by atoms with Crippen molar-refractivity contribution in [3.8, 4) is 0 Å². The zero-order valence-corrected chi connectivity index (χ0v) is 12.0. The molecule has 0 radical (unpaired) electrons. The molecule has 0 bridgehead atoms. The molecule has 0 amide bonds. The quantitative estimate of drug-likeness (QED) is 0.905. The van der Waals surface area contributed by atoms with E-state index in [0.29, 0.717) is 0 Å². The predicted octanol–water partition coefficient (Wildman–Crippen LogP) is 3.05. The van der Waals surface area contributed by atoms with Gasteiger partial charge in [-0.2, -0.15) is 13.2 Å². The SMILES string of the molecule is NS(=O)(=O)c1ccc(NC(c2ccccc2)C(F)(F)F)cc1. The lowest BCUT2D eigenvalue weighted by atomic mass is 10.1. The number of hydrogen-bond acceptors (Lipinski definition) is 3. The molecule has 0 aliphatic carbocycles. The first-order chi connectivity index (χ1) is 10.2. The average molecular weight is 330 g/mol. The highest BCUT2D eigenvalue weighted by molar-refractivity contribution is 7.89. The number of halogens is 3. The van der Waals surface area contributed by atoms with Crippen molar-refractivity contribution in [1.82, 2.24) is 0 Å². The monoisotopic (exact) mass is 330 g/mol. The molecule has 1 unspecified atom stereocenters. The third-order valence-corrected chi connectivity index (χ3v) is 3.88. The maximum Gasteiger partial charge on any atom is 0.412 e. The van der Waals surface area contributed by atoms with Gasteiger partial charge in [0.15, 0.2) is 0 Å². The molecule has 8 heteroatoms. The summed E-state index contributed by atoms with van der Waals surface area (Å²) in [5, 5.41) is 7.29. The molecule has 22 heavy (non-hydrogen) atoms. The van der Waals surface area contributed by atoms with E-state index in [0.717, 1.165) is 12.1 Å². The third-order valence-electron chi connectivity index (χ3n) is 2.95. The van der Waals surface area contributed by atoms with E-state index in [1.54, 1.807) is 6.07 Å². The van der Waals surface area contributed by atoms with Gasteiger partial charge in [0.25, 0.3) is 0 Å². The Morgan fingerprint density at radius 3 is 1.95 bits per heavy atom. The zero-order chi connectivity index (χ0) is 16.4. The summed E-state index contributed by atoms with van der Waals surface area (Å²) >= 11 is 0. The van der Waals surface area contributed by atoms with E-state index in [2.05, 4.69) is 5.32 Å². The molecular formula is C14H13F3N2O2S. The van der Waals surface area contributed by atoms with E-state index in [1.165, 1.54) is 36.4 Å². The molecule has 3 N–H and O–H groups in total. The Kier molecular flexibility index (Phi) is 4.43. The van der Waals surface area contributed by atoms with E-state index in [1.807, 2.05) is 0 Å². The summed E-state index contributed by atoms with van der Waals surface area (Å²) in [6.45, 7) is 0. The number of benzene rings is 2. The Labute approximate surface area is 125 Å². The van der Waals surface area contributed by atoms with Crippen LogP contribution < -0.4 is 10.5 Å². The summed E-state index contributed by atoms with van der Waals surface area (Å²) in [5.74, 6) is 0. The molecule has 0 saturated carbocycles. The summed E-state index contributed by atoms with van der Waals surface area (Å²) in [5.41, 5.74) is 0.198. The number of nitrogens with two attached hydrogens (primary N) is 1. The molecule has 2 aromatic carbocycles. The van der Waals surface area contributed by atoms with Crippen molar-refractivity contribution in [3.63, 3.8) is 0 Å². The van der Waals surface area contributed by atoms with E-state index < -0.39 is 22.2 Å². The molecule has 2 rings (SSSR count). The predicted molar refractivity (Wildman–Crippen MR) is 76.7 cm³/mol. The van der Waals surface area contributed by atoms with Crippen LogP contribution >= 0.6 is 0 Å². The molecule has 4 nitrogen and oxygen atoms in total. The maximum atomic E-state index is 13.2. The Balaban J connectivity index is 2.29. The number of anilines is 1. The number of alkyl halides is 3. The van der Waals surface area contributed by atoms with Gasteiger partial charge in [0.1, 0.15) is 6.04 Å². The Morgan fingerprint density at radius 1 is 0.955 bits per heavy atom. The summed E-state index contributed by atoms with van der Waals surface area (Å²) in [6.07, 6.45) is -4.50. The van der Waals surface area contributed by atoms with Gasteiger partial charge in [-0.1, -0.05) is 30.3 Å². The van der Waals surface area contributed by atoms with Crippen LogP contribution in [0.2, 0.25) is 0 Å². The van der Waals surface area contributed by atoms with Crippen molar-refractivity contribution >= 4 is 15.7 Å². The lowest BCUT2D eigenvalue weighted by Crippen LogP contribution is -2.27.